The summed E-state index contributed by atoms with van der Waals surface area (Å²) in [6.45, 7) is 2.93. The monoisotopic (exact) mass is 241 g/mol. The fraction of sp³-hybridized carbons (Fsp3) is 0.500. The van der Waals surface area contributed by atoms with Crippen molar-refractivity contribution in [2.45, 2.75) is 25.8 Å². The molecule has 0 aliphatic carbocycles. The first kappa shape index (κ1) is 11.6. The van der Waals surface area contributed by atoms with E-state index in [0.717, 1.165) is 30.5 Å². The Morgan fingerprint density at radius 3 is 2.88 bits per heavy atom. The van der Waals surface area contributed by atoms with Crippen molar-refractivity contribution in [2.75, 3.05) is 13.7 Å². The third-order valence-corrected chi connectivity index (χ3v) is 3.40. The first-order chi connectivity index (χ1) is 7.65. The minimum Gasteiger partial charge on any atom is -0.506 e. The van der Waals surface area contributed by atoms with Crippen LogP contribution in [0.3, 0.4) is 0 Å². The summed E-state index contributed by atoms with van der Waals surface area (Å²) in [6, 6.07) is 2.16. The Kier molecular flexibility index (Phi) is 3.26. The van der Waals surface area contributed by atoms with E-state index in [1.807, 2.05) is 13.0 Å². The number of nitrogens with one attached hydrogen (secondary N) is 1. The maximum atomic E-state index is 10.0. The Balaban J connectivity index is 2.46. The maximum absolute atomic E-state index is 10.0. The molecule has 1 saturated heterocycles. The molecule has 0 aromatic heterocycles. The van der Waals surface area contributed by atoms with E-state index in [2.05, 4.69) is 5.32 Å². The smallest absolute Gasteiger partial charge is 0.144 e. The van der Waals surface area contributed by atoms with Gasteiger partial charge in [0.05, 0.1) is 7.11 Å². The standard InChI is InChI=1S/C12H16ClNO2/c1-7-6-8(9-4-3-5-14-9)11(15)10(13)12(7)16-2/h6,9,14-15H,3-5H2,1-2H3. The predicted octanol–water partition coefficient (Wildman–Crippen LogP) is 2.79. The number of methoxy groups -OCH3 is 1. The summed E-state index contributed by atoms with van der Waals surface area (Å²) in [5.41, 5.74) is 1.83. The van der Waals surface area contributed by atoms with Crippen molar-refractivity contribution in [1.29, 1.82) is 0 Å². The van der Waals surface area contributed by atoms with E-state index in [1.54, 1.807) is 7.11 Å². The highest BCUT2D eigenvalue weighted by molar-refractivity contribution is 6.33. The van der Waals surface area contributed by atoms with Crippen molar-refractivity contribution in [3.8, 4) is 11.5 Å². The number of aromatic hydroxyl groups is 1. The molecular formula is C12H16ClNO2. The van der Waals surface area contributed by atoms with Crippen LogP contribution < -0.4 is 10.1 Å². The lowest BCUT2D eigenvalue weighted by atomic mass is 10.0. The first-order valence-electron chi connectivity index (χ1n) is 5.44. The van der Waals surface area contributed by atoms with Gasteiger partial charge in [-0.1, -0.05) is 11.6 Å². The van der Waals surface area contributed by atoms with E-state index < -0.39 is 0 Å². The Morgan fingerprint density at radius 1 is 1.56 bits per heavy atom. The molecule has 2 rings (SSSR count). The number of phenolic OH excluding ortho intramolecular Hbond substituents is 1. The molecular weight excluding hydrogens is 226 g/mol. The Labute approximate surface area is 100 Å². The van der Waals surface area contributed by atoms with Gasteiger partial charge in [0.25, 0.3) is 0 Å². The molecule has 0 amide bonds. The lowest BCUT2D eigenvalue weighted by molar-refractivity contribution is 0.402. The molecule has 1 aromatic rings. The second-order valence-corrected chi connectivity index (χ2v) is 4.51. The highest BCUT2D eigenvalue weighted by Crippen LogP contribution is 2.42. The fourth-order valence-corrected chi connectivity index (χ4v) is 2.58. The second kappa shape index (κ2) is 4.52. The molecule has 0 saturated carbocycles. The molecule has 0 radical (unpaired) electrons. The summed E-state index contributed by atoms with van der Waals surface area (Å²) >= 11 is 6.08. The second-order valence-electron chi connectivity index (χ2n) is 4.13. The van der Waals surface area contributed by atoms with Crippen LogP contribution in [0.15, 0.2) is 6.07 Å². The Hall–Kier alpha value is -0.930. The van der Waals surface area contributed by atoms with Gasteiger partial charge in [-0.05, 0) is 37.9 Å². The highest BCUT2D eigenvalue weighted by atomic mass is 35.5. The number of ether oxygens (including phenoxy) is 1. The Morgan fingerprint density at radius 2 is 2.31 bits per heavy atom. The van der Waals surface area contributed by atoms with Gasteiger partial charge >= 0.3 is 0 Å². The fourth-order valence-electron chi connectivity index (χ4n) is 2.24. The molecule has 1 unspecified atom stereocenters. The van der Waals surface area contributed by atoms with E-state index in [4.69, 9.17) is 16.3 Å². The molecule has 16 heavy (non-hydrogen) atoms. The zero-order valence-corrected chi connectivity index (χ0v) is 10.3. The molecule has 1 atom stereocenters. The third-order valence-electron chi connectivity index (χ3n) is 3.05. The zero-order valence-electron chi connectivity index (χ0n) is 9.51. The van der Waals surface area contributed by atoms with Crippen LogP contribution in [0.4, 0.5) is 0 Å². The summed E-state index contributed by atoms with van der Waals surface area (Å²) < 4.78 is 5.16. The summed E-state index contributed by atoms with van der Waals surface area (Å²) in [7, 11) is 1.56. The van der Waals surface area contributed by atoms with Gasteiger partial charge < -0.3 is 15.2 Å². The molecule has 88 valence electrons. The van der Waals surface area contributed by atoms with Crippen LogP contribution in [0.5, 0.6) is 11.5 Å². The van der Waals surface area contributed by atoms with Gasteiger partial charge in [0.15, 0.2) is 0 Å². The summed E-state index contributed by atoms with van der Waals surface area (Å²) in [5, 5.41) is 13.7. The van der Waals surface area contributed by atoms with Gasteiger partial charge in [0.2, 0.25) is 0 Å². The molecule has 0 spiro atoms. The van der Waals surface area contributed by atoms with Crippen LogP contribution in [0.25, 0.3) is 0 Å². The van der Waals surface area contributed by atoms with Gasteiger partial charge in [-0.3, -0.25) is 0 Å². The SMILES string of the molecule is COc1c(C)cc(C2CCCN2)c(O)c1Cl. The summed E-state index contributed by atoms with van der Waals surface area (Å²) in [4.78, 5) is 0. The van der Waals surface area contributed by atoms with Crippen molar-refractivity contribution < 1.29 is 9.84 Å². The van der Waals surface area contributed by atoms with Crippen molar-refractivity contribution in [3.63, 3.8) is 0 Å². The van der Waals surface area contributed by atoms with Gasteiger partial charge in [0, 0.05) is 11.6 Å². The molecule has 4 heteroatoms. The van der Waals surface area contributed by atoms with Crippen LogP contribution in [-0.4, -0.2) is 18.8 Å². The van der Waals surface area contributed by atoms with E-state index in [9.17, 15) is 5.11 Å². The zero-order chi connectivity index (χ0) is 11.7. The number of phenols is 1. The number of benzene rings is 1. The van der Waals surface area contributed by atoms with Gasteiger partial charge in [-0.25, -0.2) is 0 Å². The van der Waals surface area contributed by atoms with E-state index >= 15 is 0 Å². The lowest BCUT2D eigenvalue weighted by Gasteiger charge is -2.17. The van der Waals surface area contributed by atoms with Gasteiger partial charge in [-0.2, -0.15) is 0 Å². The largest absolute Gasteiger partial charge is 0.506 e. The quantitative estimate of drug-likeness (QED) is 0.837. The molecule has 1 heterocycles. The van der Waals surface area contributed by atoms with Gasteiger partial charge in [0.1, 0.15) is 16.5 Å². The van der Waals surface area contributed by atoms with Crippen molar-refractivity contribution in [1.82, 2.24) is 5.32 Å². The number of rotatable bonds is 2. The molecule has 1 aliphatic rings. The minimum absolute atomic E-state index is 0.142. The maximum Gasteiger partial charge on any atom is 0.144 e. The molecule has 0 bridgehead atoms. The number of aryl methyl sites for hydroxylation is 1. The van der Waals surface area contributed by atoms with Crippen LogP contribution in [0.1, 0.15) is 30.0 Å². The lowest BCUT2D eigenvalue weighted by Crippen LogP contribution is -2.13. The molecule has 1 aliphatic heterocycles. The summed E-state index contributed by atoms with van der Waals surface area (Å²) in [6.07, 6.45) is 2.17. The van der Waals surface area contributed by atoms with E-state index in [0.29, 0.717) is 10.8 Å². The predicted molar refractivity (Wildman–Crippen MR) is 64.4 cm³/mol. The van der Waals surface area contributed by atoms with Gasteiger partial charge in [-0.15, -0.1) is 0 Å². The average molecular weight is 242 g/mol. The number of hydrogen-bond donors (Lipinski definition) is 2. The summed E-state index contributed by atoms with van der Waals surface area (Å²) in [5.74, 6) is 0.699. The first-order valence-corrected chi connectivity index (χ1v) is 5.82. The van der Waals surface area contributed by atoms with Crippen molar-refractivity contribution in [2.24, 2.45) is 0 Å². The molecule has 1 fully saturated rings. The van der Waals surface area contributed by atoms with Crippen molar-refractivity contribution >= 4 is 11.6 Å². The molecule has 2 N–H and O–H groups in total. The van der Waals surface area contributed by atoms with Crippen molar-refractivity contribution in [3.05, 3.63) is 22.2 Å². The third kappa shape index (κ3) is 1.85. The number of hydrogen-bond acceptors (Lipinski definition) is 3. The molecule has 1 aromatic carbocycles. The Bertz CT molecular complexity index is 400. The van der Waals surface area contributed by atoms with E-state index in [1.165, 1.54) is 0 Å². The van der Waals surface area contributed by atoms with Crippen LogP contribution in [0.2, 0.25) is 5.02 Å². The number of halogens is 1. The highest BCUT2D eigenvalue weighted by Gasteiger charge is 2.23. The van der Waals surface area contributed by atoms with Crippen LogP contribution in [0, 0.1) is 6.92 Å². The average Bonchev–Trinajstić information content (AvgIpc) is 2.77. The topological polar surface area (TPSA) is 41.5 Å². The van der Waals surface area contributed by atoms with E-state index in [-0.39, 0.29) is 11.8 Å². The van der Waals surface area contributed by atoms with Crippen LogP contribution >= 0.6 is 11.6 Å². The van der Waals surface area contributed by atoms with Crippen LogP contribution in [-0.2, 0) is 0 Å². The normalized spacial score (nSPS) is 20.1. The molecule has 3 nitrogen and oxygen atoms in total. The minimum atomic E-state index is 0.142.